The molecule has 252 valence electrons. The topological polar surface area (TPSA) is 107 Å². The van der Waals surface area contributed by atoms with E-state index in [0.717, 1.165) is 64.2 Å². The van der Waals surface area contributed by atoms with E-state index < -0.39 is 18.3 Å². The summed E-state index contributed by atoms with van der Waals surface area (Å²) in [7, 11) is 0. The average molecular weight is 609 g/mol. The van der Waals surface area contributed by atoms with Gasteiger partial charge in [-0.2, -0.15) is 0 Å². The predicted octanol–water partition coefficient (Wildman–Crippen LogP) is 8.63. The van der Waals surface area contributed by atoms with E-state index in [1.54, 1.807) is 6.08 Å². The zero-order chi connectivity index (χ0) is 31.5. The second kappa shape index (κ2) is 27.1. The number of hydrogen-bond acceptors (Lipinski definition) is 6. The molecule has 6 nitrogen and oxygen atoms in total. The number of cyclic esters (lactones) is 1. The highest BCUT2D eigenvalue weighted by Gasteiger charge is 2.24. The average Bonchev–Trinajstić information content (AvgIpc) is 3.29. The first-order valence-electron chi connectivity index (χ1n) is 18.1. The van der Waals surface area contributed by atoms with Crippen LogP contribution in [-0.4, -0.2) is 56.9 Å². The minimum atomic E-state index is -0.648. The molecule has 3 unspecified atom stereocenters. The lowest BCUT2D eigenvalue weighted by Gasteiger charge is -2.17. The molecule has 5 atom stereocenters. The van der Waals surface area contributed by atoms with Crippen molar-refractivity contribution >= 4 is 5.97 Å². The first kappa shape index (κ1) is 39.8. The summed E-state index contributed by atoms with van der Waals surface area (Å²) < 4.78 is 5.07. The molecule has 0 aromatic rings. The van der Waals surface area contributed by atoms with Crippen LogP contribution in [0.5, 0.6) is 0 Å². The van der Waals surface area contributed by atoms with Gasteiger partial charge in [0.2, 0.25) is 0 Å². The first-order valence-corrected chi connectivity index (χ1v) is 18.1. The lowest BCUT2D eigenvalue weighted by atomic mass is 10.00. The molecule has 0 radical (unpaired) electrons. The Bertz CT molecular complexity index is 720. The van der Waals surface area contributed by atoms with Crippen molar-refractivity contribution in [1.82, 2.24) is 0 Å². The summed E-state index contributed by atoms with van der Waals surface area (Å²) in [5, 5.41) is 40.9. The minimum absolute atomic E-state index is 0.192. The van der Waals surface area contributed by atoms with E-state index in [-0.39, 0.29) is 18.2 Å². The zero-order valence-corrected chi connectivity index (χ0v) is 27.9. The number of carbonyl (C=O) groups excluding carboxylic acids is 1. The quantitative estimate of drug-likeness (QED) is 0.0369. The summed E-state index contributed by atoms with van der Waals surface area (Å²) in [6.07, 6.45) is 30.0. The molecule has 1 rings (SSSR count). The Labute approximate surface area is 264 Å². The number of ether oxygens (including phenoxy) is 1. The fourth-order valence-electron chi connectivity index (χ4n) is 5.95. The number of rotatable bonds is 30. The van der Waals surface area contributed by atoms with Gasteiger partial charge in [0.25, 0.3) is 0 Å². The van der Waals surface area contributed by atoms with Gasteiger partial charge < -0.3 is 25.2 Å². The summed E-state index contributed by atoms with van der Waals surface area (Å²) in [5.41, 5.74) is 0.582. The molecule has 4 N–H and O–H groups in total. The Morgan fingerprint density at radius 2 is 1.09 bits per heavy atom. The Morgan fingerprint density at radius 1 is 0.628 bits per heavy atom. The van der Waals surface area contributed by atoms with Gasteiger partial charge in [0, 0.05) is 12.0 Å². The largest absolute Gasteiger partial charge is 0.455 e. The van der Waals surface area contributed by atoms with Gasteiger partial charge in [-0.3, -0.25) is 0 Å². The second-order valence-corrected chi connectivity index (χ2v) is 13.1. The van der Waals surface area contributed by atoms with Gasteiger partial charge in [-0.05, 0) is 64.4 Å². The molecule has 0 aromatic heterocycles. The molecule has 0 saturated carbocycles. The van der Waals surface area contributed by atoms with Gasteiger partial charge in [-0.15, -0.1) is 0 Å². The van der Waals surface area contributed by atoms with E-state index in [9.17, 15) is 25.2 Å². The number of carbonyl (C=O) groups is 1. The zero-order valence-electron chi connectivity index (χ0n) is 27.9. The van der Waals surface area contributed by atoms with Gasteiger partial charge in [0.05, 0.1) is 24.4 Å². The third-order valence-corrected chi connectivity index (χ3v) is 8.77. The maximum atomic E-state index is 11.6. The molecule has 43 heavy (non-hydrogen) atoms. The van der Waals surface area contributed by atoms with E-state index in [4.69, 9.17) is 4.74 Å². The number of hydrogen-bond donors (Lipinski definition) is 4. The molecule has 1 aliphatic rings. The molecule has 0 spiro atoms. The first-order chi connectivity index (χ1) is 20.8. The Morgan fingerprint density at radius 3 is 1.67 bits per heavy atom. The maximum Gasteiger partial charge on any atom is 0.334 e. The van der Waals surface area contributed by atoms with E-state index >= 15 is 0 Å². The molecule has 0 aromatic carbocycles. The van der Waals surface area contributed by atoms with Gasteiger partial charge in [0.1, 0.15) is 6.10 Å². The van der Waals surface area contributed by atoms with Crippen LogP contribution in [0, 0.1) is 0 Å². The van der Waals surface area contributed by atoms with Crippen LogP contribution >= 0.6 is 0 Å². The van der Waals surface area contributed by atoms with Crippen molar-refractivity contribution in [3.05, 3.63) is 23.8 Å². The Kier molecular flexibility index (Phi) is 25.1. The van der Waals surface area contributed by atoms with E-state index in [1.165, 1.54) is 70.6 Å². The molecule has 0 saturated heterocycles. The van der Waals surface area contributed by atoms with Crippen molar-refractivity contribution in [2.45, 2.75) is 205 Å². The number of allylic oxidation sites excluding steroid dienone is 2. The number of aliphatic hydroxyl groups is 4. The summed E-state index contributed by atoms with van der Waals surface area (Å²) in [6.45, 7) is 4.08. The van der Waals surface area contributed by atoms with E-state index in [2.05, 4.69) is 19.1 Å². The van der Waals surface area contributed by atoms with Crippen molar-refractivity contribution < 1.29 is 30.0 Å². The molecule has 0 aliphatic carbocycles. The van der Waals surface area contributed by atoms with Gasteiger partial charge in [0.15, 0.2) is 0 Å². The van der Waals surface area contributed by atoms with Gasteiger partial charge in [-0.1, -0.05) is 122 Å². The number of esters is 1. The maximum absolute atomic E-state index is 11.6. The molecule has 1 heterocycles. The Hall–Kier alpha value is -1.21. The summed E-state index contributed by atoms with van der Waals surface area (Å²) in [4.78, 5) is 11.6. The molecule has 6 heteroatoms. The van der Waals surface area contributed by atoms with Crippen LogP contribution in [-0.2, 0) is 9.53 Å². The standard InChI is InChI=1S/C37H68O6/c1-3-4-5-6-7-8-9-10-11-12-13-16-22-27-35(40)36(41)28-23-17-14-15-19-24-33(38)25-20-18-21-26-34(39)30-32-29-31(2)43-37(32)42/h14,17,29,31,33-36,38-41H,3-13,15-16,18-28,30H2,1-2H3/b17-14-/t31?,33?,34?,35-,36-/m1/s1. The van der Waals surface area contributed by atoms with Crippen molar-refractivity contribution in [3.63, 3.8) is 0 Å². The Balaban J connectivity index is 1.89. The fraction of sp³-hybridized carbons (Fsp3) is 0.865. The molecule has 1 aliphatic heterocycles. The summed E-state index contributed by atoms with van der Waals surface area (Å²) >= 11 is 0. The van der Waals surface area contributed by atoms with Crippen LogP contribution in [0.3, 0.4) is 0 Å². The monoisotopic (exact) mass is 609 g/mol. The van der Waals surface area contributed by atoms with Gasteiger partial charge in [-0.25, -0.2) is 4.79 Å². The highest BCUT2D eigenvalue weighted by molar-refractivity contribution is 5.90. The van der Waals surface area contributed by atoms with Crippen LogP contribution in [0.1, 0.15) is 174 Å². The third-order valence-electron chi connectivity index (χ3n) is 8.77. The predicted molar refractivity (Wildman–Crippen MR) is 178 cm³/mol. The van der Waals surface area contributed by atoms with Crippen LogP contribution < -0.4 is 0 Å². The highest BCUT2D eigenvalue weighted by Crippen LogP contribution is 2.21. The van der Waals surface area contributed by atoms with Crippen LogP contribution in [0.15, 0.2) is 23.8 Å². The smallest absolute Gasteiger partial charge is 0.334 e. The lowest BCUT2D eigenvalue weighted by molar-refractivity contribution is -0.139. The number of unbranched alkanes of at least 4 members (excludes halogenated alkanes) is 15. The molecule has 0 bridgehead atoms. The molecular formula is C37H68O6. The SMILES string of the molecule is CCCCCCCCCCCCCCC[C@@H](O)[C@H](O)CC/C=C\CCCC(O)CCCCCC(O)CC1=CC(C)OC1=O. The van der Waals surface area contributed by atoms with Gasteiger partial charge >= 0.3 is 5.97 Å². The number of aliphatic hydroxyl groups excluding tert-OH is 4. The van der Waals surface area contributed by atoms with E-state index in [0.29, 0.717) is 31.3 Å². The molecule has 0 fully saturated rings. The normalized spacial score (nSPS) is 18.1. The van der Waals surface area contributed by atoms with E-state index in [1.807, 2.05) is 6.92 Å². The lowest BCUT2D eigenvalue weighted by Crippen LogP contribution is -2.25. The fourth-order valence-corrected chi connectivity index (χ4v) is 5.95. The van der Waals surface area contributed by atoms with Crippen molar-refractivity contribution in [2.75, 3.05) is 0 Å². The van der Waals surface area contributed by atoms with Crippen LogP contribution in [0.4, 0.5) is 0 Å². The summed E-state index contributed by atoms with van der Waals surface area (Å²) in [6, 6.07) is 0. The highest BCUT2D eigenvalue weighted by atomic mass is 16.5. The van der Waals surface area contributed by atoms with Crippen LogP contribution in [0.2, 0.25) is 0 Å². The molecular weight excluding hydrogens is 540 g/mol. The minimum Gasteiger partial charge on any atom is -0.455 e. The summed E-state index contributed by atoms with van der Waals surface area (Å²) in [5.74, 6) is -0.309. The van der Waals surface area contributed by atoms with Crippen LogP contribution in [0.25, 0.3) is 0 Å². The van der Waals surface area contributed by atoms with Crippen molar-refractivity contribution in [3.8, 4) is 0 Å². The third kappa shape index (κ3) is 22.9. The van der Waals surface area contributed by atoms with Crippen molar-refractivity contribution in [2.24, 2.45) is 0 Å². The second-order valence-electron chi connectivity index (χ2n) is 13.1. The van der Waals surface area contributed by atoms with Crippen molar-refractivity contribution in [1.29, 1.82) is 0 Å². The molecule has 0 amide bonds.